The molecule has 0 amide bonds. The number of nitrogens with two attached hydrogens (primary N) is 1. The van der Waals surface area contributed by atoms with Gasteiger partial charge < -0.3 is 10.2 Å². The van der Waals surface area contributed by atoms with Crippen molar-refractivity contribution in [1.29, 1.82) is 0 Å². The van der Waals surface area contributed by atoms with Gasteiger partial charge in [0.15, 0.2) is 5.58 Å². The van der Waals surface area contributed by atoms with E-state index in [1.165, 1.54) is 0 Å². The third-order valence-corrected chi connectivity index (χ3v) is 4.63. The van der Waals surface area contributed by atoms with Crippen LogP contribution in [0.1, 0.15) is 19.3 Å². The van der Waals surface area contributed by atoms with Crippen LogP contribution in [0.25, 0.3) is 11.1 Å². The Bertz CT molecular complexity index is 686. The first-order chi connectivity index (χ1) is 8.54. The predicted molar refractivity (Wildman–Crippen MR) is 67.8 cm³/mol. The second-order valence-electron chi connectivity index (χ2n) is 4.76. The Kier molecular flexibility index (Phi) is 2.55. The number of fused-ring (bicyclic) bond motifs is 1. The van der Waals surface area contributed by atoms with Crippen molar-refractivity contribution in [3.05, 3.63) is 18.2 Å². The average molecular weight is 266 g/mol. The maximum absolute atomic E-state index is 12.0. The summed E-state index contributed by atoms with van der Waals surface area (Å²) in [5.41, 5.74) is 7.10. The maximum atomic E-state index is 12.0. The quantitative estimate of drug-likeness (QED) is 0.855. The summed E-state index contributed by atoms with van der Waals surface area (Å²) in [4.78, 5) is 4.01. The van der Waals surface area contributed by atoms with Crippen molar-refractivity contribution in [3.63, 3.8) is 0 Å². The fourth-order valence-electron chi connectivity index (χ4n) is 1.87. The molecule has 0 spiro atoms. The zero-order valence-corrected chi connectivity index (χ0v) is 10.6. The van der Waals surface area contributed by atoms with Crippen LogP contribution in [-0.4, -0.2) is 19.2 Å². The van der Waals surface area contributed by atoms with Crippen LogP contribution in [0.15, 0.2) is 27.8 Å². The highest BCUT2D eigenvalue weighted by atomic mass is 32.2. The molecule has 0 unspecified atom stereocenters. The van der Waals surface area contributed by atoms with E-state index in [4.69, 9.17) is 10.2 Å². The van der Waals surface area contributed by atoms with E-state index in [0.29, 0.717) is 29.1 Å². The van der Waals surface area contributed by atoms with Crippen LogP contribution < -0.4 is 5.73 Å². The number of hydrogen-bond donors (Lipinski definition) is 1. The third kappa shape index (κ3) is 2.20. The van der Waals surface area contributed by atoms with Gasteiger partial charge in [-0.05, 0) is 30.5 Å². The number of sulfone groups is 1. The lowest BCUT2D eigenvalue weighted by Crippen LogP contribution is -2.07. The van der Waals surface area contributed by atoms with E-state index >= 15 is 0 Å². The van der Waals surface area contributed by atoms with Gasteiger partial charge in [-0.25, -0.2) is 8.42 Å². The minimum Gasteiger partial charge on any atom is -0.428 e. The van der Waals surface area contributed by atoms with Crippen molar-refractivity contribution in [1.82, 2.24) is 4.98 Å². The minimum atomic E-state index is -3.41. The van der Waals surface area contributed by atoms with Gasteiger partial charge in [-0.15, -0.1) is 0 Å². The van der Waals surface area contributed by atoms with E-state index in [0.717, 1.165) is 12.8 Å². The molecule has 0 aliphatic heterocycles. The SMILES string of the molecule is Nc1ccc2oc(S(=O)(=O)CCC3CC3)nc2c1. The highest BCUT2D eigenvalue weighted by Gasteiger charge is 2.27. The third-order valence-electron chi connectivity index (χ3n) is 3.15. The lowest BCUT2D eigenvalue weighted by molar-refractivity contribution is 0.457. The Morgan fingerprint density at radius 1 is 1.39 bits per heavy atom. The number of rotatable bonds is 4. The van der Waals surface area contributed by atoms with Gasteiger partial charge in [0, 0.05) is 5.69 Å². The molecule has 0 saturated heterocycles. The molecular formula is C12H14N2O3S. The fraction of sp³-hybridized carbons (Fsp3) is 0.417. The molecule has 0 radical (unpaired) electrons. The molecule has 0 atom stereocenters. The molecule has 1 heterocycles. The van der Waals surface area contributed by atoms with Gasteiger partial charge in [0.2, 0.25) is 9.84 Å². The summed E-state index contributed by atoms with van der Waals surface area (Å²) in [6.07, 6.45) is 2.97. The standard InChI is InChI=1S/C12H14N2O3S/c13-9-3-4-11-10(7-9)14-12(17-11)18(15,16)6-5-8-1-2-8/h3-4,7-8H,1-2,5-6,13H2. The normalized spacial score (nSPS) is 16.2. The molecule has 1 aliphatic carbocycles. The molecule has 1 aromatic heterocycles. The maximum Gasteiger partial charge on any atom is 0.316 e. The van der Waals surface area contributed by atoms with E-state index in [-0.39, 0.29) is 11.0 Å². The summed E-state index contributed by atoms with van der Waals surface area (Å²) in [5, 5.41) is -0.191. The summed E-state index contributed by atoms with van der Waals surface area (Å²) in [7, 11) is -3.41. The van der Waals surface area contributed by atoms with E-state index in [1.54, 1.807) is 18.2 Å². The largest absolute Gasteiger partial charge is 0.428 e. The summed E-state index contributed by atoms with van der Waals surface area (Å²) in [6.45, 7) is 0. The number of benzene rings is 1. The van der Waals surface area contributed by atoms with Gasteiger partial charge in [-0.1, -0.05) is 12.8 Å². The Hall–Kier alpha value is -1.56. The number of oxazole rings is 1. The summed E-state index contributed by atoms with van der Waals surface area (Å²) in [5.74, 6) is 0.680. The zero-order chi connectivity index (χ0) is 12.8. The molecular weight excluding hydrogens is 252 g/mol. The van der Waals surface area contributed by atoms with Crippen molar-refractivity contribution in [2.75, 3.05) is 11.5 Å². The minimum absolute atomic E-state index is 0.111. The molecule has 0 bridgehead atoms. The van der Waals surface area contributed by atoms with Crippen LogP contribution >= 0.6 is 0 Å². The molecule has 5 nitrogen and oxygen atoms in total. The Balaban J connectivity index is 1.92. The zero-order valence-electron chi connectivity index (χ0n) is 9.80. The van der Waals surface area contributed by atoms with Crippen LogP contribution in [0.2, 0.25) is 0 Å². The first kappa shape index (κ1) is 11.5. The predicted octanol–water partition coefficient (Wildman–Crippen LogP) is 1.98. The average Bonchev–Trinajstić information content (AvgIpc) is 3.05. The highest BCUT2D eigenvalue weighted by molar-refractivity contribution is 7.91. The summed E-state index contributed by atoms with van der Waals surface area (Å²) in [6, 6.07) is 4.91. The lowest BCUT2D eigenvalue weighted by Gasteiger charge is -1.97. The second-order valence-corrected chi connectivity index (χ2v) is 6.74. The molecule has 2 aromatic rings. The van der Waals surface area contributed by atoms with Crippen molar-refractivity contribution >= 4 is 26.6 Å². The van der Waals surface area contributed by atoms with Gasteiger partial charge >= 0.3 is 5.22 Å². The second kappa shape index (κ2) is 3.98. The molecule has 3 rings (SSSR count). The van der Waals surface area contributed by atoms with Gasteiger partial charge in [0.05, 0.1) is 5.75 Å². The summed E-state index contributed by atoms with van der Waals surface area (Å²) < 4.78 is 29.3. The molecule has 1 saturated carbocycles. The van der Waals surface area contributed by atoms with Crippen molar-refractivity contribution in [3.8, 4) is 0 Å². The van der Waals surface area contributed by atoms with Crippen molar-refractivity contribution < 1.29 is 12.8 Å². The first-order valence-corrected chi connectivity index (χ1v) is 7.59. The highest BCUT2D eigenvalue weighted by Crippen LogP contribution is 2.33. The number of hydrogen-bond acceptors (Lipinski definition) is 5. The van der Waals surface area contributed by atoms with Crippen LogP contribution in [0.4, 0.5) is 5.69 Å². The van der Waals surface area contributed by atoms with E-state index < -0.39 is 9.84 Å². The number of nitrogens with zero attached hydrogens (tertiary/aromatic N) is 1. The van der Waals surface area contributed by atoms with Gasteiger partial charge in [0.1, 0.15) is 5.52 Å². The topological polar surface area (TPSA) is 86.2 Å². The number of anilines is 1. The molecule has 96 valence electrons. The smallest absolute Gasteiger partial charge is 0.316 e. The van der Waals surface area contributed by atoms with Crippen molar-refractivity contribution in [2.45, 2.75) is 24.5 Å². The van der Waals surface area contributed by atoms with Crippen LogP contribution in [0.5, 0.6) is 0 Å². The van der Waals surface area contributed by atoms with E-state index in [2.05, 4.69) is 4.98 Å². The lowest BCUT2D eigenvalue weighted by atomic mass is 10.3. The molecule has 6 heteroatoms. The van der Waals surface area contributed by atoms with E-state index in [1.807, 2.05) is 0 Å². The first-order valence-electron chi connectivity index (χ1n) is 5.93. The monoisotopic (exact) mass is 266 g/mol. The van der Waals surface area contributed by atoms with E-state index in [9.17, 15) is 8.42 Å². The Morgan fingerprint density at radius 2 is 2.17 bits per heavy atom. The summed E-state index contributed by atoms with van der Waals surface area (Å²) >= 11 is 0. The van der Waals surface area contributed by atoms with Crippen LogP contribution in [0.3, 0.4) is 0 Å². The van der Waals surface area contributed by atoms with Crippen LogP contribution in [-0.2, 0) is 9.84 Å². The van der Waals surface area contributed by atoms with Gasteiger partial charge in [-0.3, -0.25) is 0 Å². The molecule has 1 aliphatic rings. The Morgan fingerprint density at radius 3 is 2.89 bits per heavy atom. The fourth-order valence-corrected chi connectivity index (χ4v) is 3.14. The number of aromatic nitrogens is 1. The molecule has 18 heavy (non-hydrogen) atoms. The molecule has 2 N–H and O–H groups in total. The molecule has 1 fully saturated rings. The Labute approximate surface area is 105 Å². The molecule has 1 aromatic carbocycles. The number of nitrogen functional groups attached to an aromatic ring is 1. The van der Waals surface area contributed by atoms with Crippen LogP contribution in [0, 0.1) is 5.92 Å². The van der Waals surface area contributed by atoms with Crippen molar-refractivity contribution in [2.24, 2.45) is 5.92 Å². The van der Waals surface area contributed by atoms with Gasteiger partial charge in [0.25, 0.3) is 0 Å². The van der Waals surface area contributed by atoms with Gasteiger partial charge in [-0.2, -0.15) is 4.98 Å².